The normalized spacial score (nSPS) is 21.6. The van der Waals surface area contributed by atoms with Crippen LogP contribution in [0, 0.1) is 5.92 Å². The van der Waals surface area contributed by atoms with Gasteiger partial charge in [-0.25, -0.2) is 9.67 Å². The zero-order valence-electron chi connectivity index (χ0n) is 17.9. The number of methoxy groups -OCH3 is 1. The molecule has 0 spiro atoms. The van der Waals surface area contributed by atoms with Crippen LogP contribution in [-0.4, -0.2) is 52.4 Å². The van der Waals surface area contributed by atoms with Crippen molar-refractivity contribution in [3.8, 4) is 11.4 Å². The fourth-order valence-corrected chi connectivity index (χ4v) is 5.51. The third-order valence-electron chi connectivity index (χ3n) is 6.17. The summed E-state index contributed by atoms with van der Waals surface area (Å²) >= 11 is 2.02. The fourth-order valence-electron chi connectivity index (χ4n) is 4.24. The van der Waals surface area contributed by atoms with E-state index in [-0.39, 0.29) is 12.0 Å². The molecule has 3 heterocycles. The summed E-state index contributed by atoms with van der Waals surface area (Å²) in [5, 5.41) is 4.84. The van der Waals surface area contributed by atoms with Gasteiger partial charge in [0, 0.05) is 38.4 Å². The maximum Gasteiger partial charge on any atom is 0.236 e. The van der Waals surface area contributed by atoms with E-state index in [1.54, 1.807) is 12.0 Å². The summed E-state index contributed by atoms with van der Waals surface area (Å²) in [7, 11) is 3.56. The van der Waals surface area contributed by atoms with Crippen LogP contribution >= 0.6 is 11.8 Å². The van der Waals surface area contributed by atoms with Crippen molar-refractivity contribution in [2.45, 2.75) is 51.7 Å². The Morgan fingerprint density at radius 3 is 2.86 bits per heavy atom. The highest BCUT2D eigenvalue weighted by atomic mass is 32.2. The first-order valence-corrected chi connectivity index (χ1v) is 11.4. The number of thioether (sulfide) groups is 1. The summed E-state index contributed by atoms with van der Waals surface area (Å²) in [4.78, 5) is 19.3. The van der Waals surface area contributed by atoms with Gasteiger partial charge in [-0.1, -0.05) is 0 Å². The lowest BCUT2D eigenvalue weighted by Crippen LogP contribution is -2.33. The highest BCUT2D eigenvalue weighted by molar-refractivity contribution is 7.99. The van der Waals surface area contributed by atoms with Gasteiger partial charge in [-0.15, -0.1) is 0 Å². The summed E-state index contributed by atoms with van der Waals surface area (Å²) in [6.07, 6.45) is 1.99. The molecular weight excluding hydrogens is 384 g/mol. The molecule has 1 aromatic carbocycles. The maximum absolute atomic E-state index is 12.7. The van der Waals surface area contributed by atoms with Crippen LogP contribution in [0.4, 0.5) is 5.69 Å². The minimum Gasteiger partial charge on any atom is -0.381 e. The third-order valence-corrected chi connectivity index (χ3v) is 7.40. The van der Waals surface area contributed by atoms with Crippen LogP contribution in [0.3, 0.4) is 0 Å². The molecule has 156 valence electrons. The van der Waals surface area contributed by atoms with Gasteiger partial charge in [0.1, 0.15) is 0 Å². The van der Waals surface area contributed by atoms with Crippen LogP contribution in [0.5, 0.6) is 0 Å². The molecule has 0 saturated carbocycles. The number of nitrogens with zero attached hydrogens (tertiary/aromatic N) is 4. The first-order chi connectivity index (χ1) is 13.8. The number of hydrogen-bond acceptors (Lipinski definition) is 5. The molecule has 4 rings (SSSR count). The van der Waals surface area contributed by atoms with E-state index in [0.29, 0.717) is 12.3 Å². The van der Waals surface area contributed by atoms with Gasteiger partial charge in [-0.2, -0.15) is 16.9 Å². The van der Waals surface area contributed by atoms with Crippen LogP contribution in [-0.2, 0) is 27.9 Å². The zero-order valence-corrected chi connectivity index (χ0v) is 18.8. The van der Waals surface area contributed by atoms with E-state index in [0.717, 1.165) is 35.0 Å². The quantitative estimate of drug-likeness (QED) is 0.724. The standard InChI is InChI=1S/C22H30N4O2S/c1-14(28-5)10-19-23-20(26(24-19)12-15-8-9-29-13-15)16-6-7-18-17(11-16)22(2,3)21(27)25(18)4/h6-7,11,14-15H,8-10,12-13H2,1-5H3. The average Bonchev–Trinajstić information content (AvgIpc) is 3.39. The van der Waals surface area contributed by atoms with Gasteiger partial charge >= 0.3 is 0 Å². The summed E-state index contributed by atoms with van der Waals surface area (Å²) in [6, 6.07) is 6.24. The molecule has 0 N–H and O–H groups in total. The molecule has 29 heavy (non-hydrogen) atoms. The number of fused-ring (bicyclic) bond motifs is 1. The second kappa shape index (κ2) is 7.76. The number of carbonyl (C=O) groups excluding carboxylic acids is 1. The fraction of sp³-hybridized carbons (Fsp3) is 0.591. The highest BCUT2D eigenvalue weighted by Crippen LogP contribution is 2.42. The van der Waals surface area contributed by atoms with E-state index in [9.17, 15) is 4.79 Å². The van der Waals surface area contributed by atoms with E-state index in [1.807, 2.05) is 45.6 Å². The van der Waals surface area contributed by atoms with Crippen molar-refractivity contribution < 1.29 is 9.53 Å². The number of rotatable bonds is 6. The van der Waals surface area contributed by atoms with Crippen LogP contribution in [0.15, 0.2) is 18.2 Å². The van der Waals surface area contributed by atoms with E-state index in [4.69, 9.17) is 14.8 Å². The van der Waals surface area contributed by atoms with Crippen molar-refractivity contribution in [1.82, 2.24) is 14.8 Å². The SMILES string of the molecule is COC(C)Cc1nc(-c2ccc3c(c2)C(C)(C)C(=O)N3C)n(CC2CCSC2)n1. The maximum atomic E-state index is 12.7. The molecule has 0 aliphatic carbocycles. The second-order valence-corrected chi connectivity index (χ2v) is 9.88. The second-order valence-electron chi connectivity index (χ2n) is 8.73. The first-order valence-electron chi connectivity index (χ1n) is 10.3. The number of benzene rings is 1. The molecule has 2 aromatic rings. The van der Waals surface area contributed by atoms with Gasteiger partial charge in [0.25, 0.3) is 0 Å². The smallest absolute Gasteiger partial charge is 0.236 e. The van der Waals surface area contributed by atoms with Crippen LogP contribution in [0.25, 0.3) is 11.4 Å². The van der Waals surface area contributed by atoms with E-state index in [1.165, 1.54) is 17.9 Å². The highest BCUT2D eigenvalue weighted by Gasteiger charge is 2.42. The first kappa shape index (κ1) is 20.4. The molecule has 0 radical (unpaired) electrons. The Hall–Kier alpha value is -1.86. The van der Waals surface area contributed by atoms with Crippen molar-refractivity contribution in [2.75, 3.05) is 30.6 Å². The van der Waals surface area contributed by atoms with Gasteiger partial charge in [0.05, 0.1) is 11.5 Å². The van der Waals surface area contributed by atoms with Gasteiger partial charge in [-0.05, 0) is 68.4 Å². The predicted molar refractivity (Wildman–Crippen MR) is 118 cm³/mol. The number of hydrogen-bond donors (Lipinski definition) is 0. The lowest BCUT2D eigenvalue weighted by atomic mass is 9.85. The summed E-state index contributed by atoms with van der Waals surface area (Å²) in [5.41, 5.74) is 2.53. The molecule has 1 amide bonds. The average molecular weight is 415 g/mol. The van der Waals surface area contributed by atoms with Crippen molar-refractivity contribution in [3.05, 3.63) is 29.6 Å². The number of aromatic nitrogens is 3. The van der Waals surface area contributed by atoms with Gasteiger partial charge in [-0.3, -0.25) is 4.79 Å². The monoisotopic (exact) mass is 414 g/mol. The number of amides is 1. The molecule has 0 bridgehead atoms. The number of carbonyl (C=O) groups is 1. The van der Waals surface area contributed by atoms with Gasteiger partial charge in [0.2, 0.25) is 5.91 Å². The summed E-state index contributed by atoms with van der Waals surface area (Å²) in [5.74, 6) is 4.87. The topological polar surface area (TPSA) is 60.2 Å². The van der Waals surface area contributed by atoms with E-state index < -0.39 is 5.41 Å². The molecule has 2 atom stereocenters. The molecule has 2 unspecified atom stereocenters. The third kappa shape index (κ3) is 3.70. The number of anilines is 1. The van der Waals surface area contributed by atoms with Crippen LogP contribution in [0.1, 0.15) is 38.6 Å². The Kier molecular flexibility index (Phi) is 5.46. The minimum atomic E-state index is -0.527. The number of ether oxygens (including phenoxy) is 1. The van der Waals surface area contributed by atoms with Crippen LogP contribution in [0.2, 0.25) is 0 Å². The molecule has 1 fully saturated rings. The summed E-state index contributed by atoms with van der Waals surface area (Å²) < 4.78 is 7.49. The van der Waals surface area contributed by atoms with Crippen molar-refractivity contribution in [2.24, 2.45) is 5.92 Å². The Labute approximate surface area is 177 Å². The molecule has 1 aromatic heterocycles. The summed E-state index contributed by atoms with van der Waals surface area (Å²) in [6.45, 7) is 6.91. The van der Waals surface area contributed by atoms with Crippen LogP contribution < -0.4 is 4.90 Å². The molecule has 2 aliphatic heterocycles. The number of likely N-dealkylation sites (N-methyl/N-ethyl adjacent to an activating group) is 1. The van der Waals surface area contributed by atoms with Gasteiger partial charge < -0.3 is 9.64 Å². The Bertz CT molecular complexity index is 918. The van der Waals surface area contributed by atoms with Gasteiger partial charge in [0.15, 0.2) is 11.6 Å². The molecule has 7 heteroatoms. The molecule has 1 saturated heterocycles. The lowest BCUT2D eigenvalue weighted by molar-refractivity contribution is -0.121. The van der Waals surface area contributed by atoms with E-state index >= 15 is 0 Å². The lowest BCUT2D eigenvalue weighted by Gasteiger charge is -2.17. The van der Waals surface area contributed by atoms with E-state index in [2.05, 4.69) is 16.8 Å². The predicted octanol–water partition coefficient (Wildman–Crippen LogP) is 3.53. The molecular formula is C22H30N4O2S. The zero-order chi connectivity index (χ0) is 20.8. The Morgan fingerprint density at radius 2 is 2.17 bits per heavy atom. The molecule has 2 aliphatic rings. The Morgan fingerprint density at radius 1 is 1.38 bits per heavy atom. The Balaban J connectivity index is 1.73. The minimum absolute atomic E-state index is 0.0750. The van der Waals surface area contributed by atoms with Crippen molar-refractivity contribution in [3.63, 3.8) is 0 Å². The largest absolute Gasteiger partial charge is 0.381 e. The van der Waals surface area contributed by atoms with Crippen molar-refractivity contribution >= 4 is 23.4 Å². The molecule has 6 nitrogen and oxygen atoms in total. The van der Waals surface area contributed by atoms with Crippen molar-refractivity contribution in [1.29, 1.82) is 0 Å².